The van der Waals surface area contributed by atoms with Crippen LogP contribution < -0.4 is 26.0 Å². The molecule has 4 heteroatoms. The van der Waals surface area contributed by atoms with Crippen LogP contribution in [0, 0.1) is 13.8 Å². The highest BCUT2D eigenvalue weighted by Crippen LogP contribution is 2.42. The Kier molecular flexibility index (Phi) is 7.31. The third-order valence-electron chi connectivity index (χ3n) is 11.2. The summed E-state index contributed by atoms with van der Waals surface area (Å²) in [5.41, 5.74) is 17.6. The fourth-order valence-corrected chi connectivity index (χ4v) is 8.89. The number of nitrogens with zero attached hydrogens (tertiary/aromatic N) is 2. The molecule has 0 amide bonds. The van der Waals surface area contributed by atoms with E-state index in [2.05, 4.69) is 175 Å². The van der Waals surface area contributed by atoms with E-state index in [-0.39, 0.29) is 6.71 Å². The van der Waals surface area contributed by atoms with Gasteiger partial charge in [-0.1, -0.05) is 109 Å². The van der Waals surface area contributed by atoms with Crippen LogP contribution in [0.2, 0.25) is 0 Å². The van der Waals surface area contributed by atoms with Crippen molar-refractivity contribution in [3.05, 3.63) is 180 Å². The molecule has 6 aromatic carbocycles. The number of anilines is 2. The lowest BCUT2D eigenvalue weighted by atomic mass is 9.34. The van der Waals surface area contributed by atoms with Crippen molar-refractivity contribution in [2.75, 3.05) is 4.90 Å². The van der Waals surface area contributed by atoms with Crippen molar-refractivity contribution in [2.24, 2.45) is 0 Å². The zero-order valence-electron chi connectivity index (χ0n) is 29.6. The van der Waals surface area contributed by atoms with Gasteiger partial charge in [0.25, 0.3) is 6.71 Å². The number of para-hydroxylation sites is 2. The topological polar surface area (TPSA) is 17.4 Å². The van der Waals surface area contributed by atoms with Crippen LogP contribution in [0.4, 0.5) is 11.4 Å². The molecule has 0 spiro atoms. The van der Waals surface area contributed by atoms with Crippen LogP contribution in [0.3, 0.4) is 0 Å². The summed E-state index contributed by atoms with van der Waals surface area (Å²) in [5.74, 6) is 1.87. The summed E-state index contributed by atoms with van der Waals surface area (Å²) >= 11 is 0. The van der Waals surface area contributed by atoms with Gasteiger partial charge in [-0.05, 0) is 115 Å². The number of ether oxygens (including phenoxy) is 1. The Bertz CT molecular complexity index is 2580. The number of hydrogen-bond acceptors (Lipinski definition) is 2. The first-order valence-corrected chi connectivity index (χ1v) is 18.6. The summed E-state index contributed by atoms with van der Waals surface area (Å²) in [4.78, 5) is 2.36. The van der Waals surface area contributed by atoms with Crippen molar-refractivity contribution in [1.29, 1.82) is 0 Å². The summed E-state index contributed by atoms with van der Waals surface area (Å²) in [6.07, 6.45) is 11.0. The SMILES string of the molecule is Cc1cc2c3c(c1)-n1c(-c4ccccc4CCc4ccccc4)c(C)c4cccc(c41)B3c1ccc(N(C3=CCCC=C3)c3ccccc3)cc1O2. The third kappa shape index (κ3) is 4.89. The average Bonchev–Trinajstić information content (AvgIpc) is 3.49. The molecule has 1 aromatic heterocycles. The van der Waals surface area contributed by atoms with Gasteiger partial charge in [-0.25, -0.2) is 0 Å². The molecule has 250 valence electrons. The van der Waals surface area contributed by atoms with Crippen molar-refractivity contribution in [2.45, 2.75) is 39.5 Å². The van der Waals surface area contributed by atoms with Gasteiger partial charge in [0.15, 0.2) is 0 Å². The second kappa shape index (κ2) is 12.3. The Morgan fingerprint density at radius 2 is 1.50 bits per heavy atom. The molecule has 1 aliphatic carbocycles. The third-order valence-corrected chi connectivity index (χ3v) is 11.2. The first-order valence-electron chi connectivity index (χ1n) is 18.6. The van der Waals surface area contributed by atoms with Crippen molar-refractivity contribution in [1.82, 2.24) is 4.57 Å². The van der Waals surface area contributed by atoms with Gasteiger partial charge < -0.3 is 14.2 Å². The van der Waals surface area contributed by atoms with E-state index in [1.54, 1.807) is 0 Å². The van der Waals surface area contributed by atoms with Gasteiger partial charge in [-0.15, -0.1) is 0 Å². The van der Waals surface area contributed by atoms with Gasteiger partial charge in [-0.2, -0.15) is 0 Å². The molecule has 3 aliphatic rings. The molecule has 0 fully saturated rings. The molecule has 3 heterocycles. The maximum Gasteiger partial charge on any atom is 0.256 e. The molecule has 7 aromatic rings. The smallest absolute Gasteiger partial charge is 0.256 e. The van der Waals surface area contributed by atoms with Crippen LogP contribution >= 0.6 is 0 Å². The Labute approximate surface area is 306 Å². The molecule has 0 radical (unpaired) electrons. The number of allylic oxidation sites excluding steroid dienone is 3. The fraction of sp³-hybridized carbons (Fsp3) is 0.125. The predicted octanol–water partition coefficient (Wildman–Crippen LogP) is 10.0. The van der Waals surface area contributed by atoms with E-state index >= 15 is 0 Å². The number of hydrogen-bond donors (Lipinski definition) is 0. The van der Waals surface area contributed by atoms with Gasteiger partial charge in [0, 0.05) is 45.3 Å². The lowest BCUT2D eigenvalue weighted by molar-refractivity contribution is 0.487. The highest BCUT2D eigenvalue weighted by molar-refractivity contribution is 6.99. The monoisotopic (exact) mass is 670 g/mol. The minimum Gasteiger partial charge on any atom is -0.458 e. The zero-order valence-corrected chi connectivity index (χ0v) is 29.6. The van der Waals surface area contributed by atoms with E-state index in [0.717, 1.165) is 48.6 Å². The Morgan fingerprint density at radius 3 is 2.33 bits per heavy atom. The Morgan fingerprint density at radius 1 is 0.692 bits per heavy atom. The average molecular weight is 671 g/mol. The van der Waals surface area contributed by atoms with Gasteiger partial charge in [0.05, 0.1) is 5.69 Å². The van der Waals surface area contributed by atoms with Gasteiger partial charge in [0.2, 0.25) is 0 Å². The second-order valence-electron chi connectivity index (χ2n) is 14.4. The van der Waals surface area contributed by atoms with Crippen LogP contribution in [-0.4, -0.2) is 11.3 Å². The lowest BCUT2D eigenvalue weighted by Gasteiger charge is -2.35. The first-order chi connectivity index (χ1) is 25.6. The molecule has 0 atom stereocenters. The van der Waals surface area contributed by atoms with Gasteiger partial charge in [0.1, 0.15) is 11.5 Å². The molecule has 3 nitrogen and oxygen atoms in total. The molecule has 0 saturated heterocycles. The molecule has 52 heavy (non-hydrogen) atoms. The minimum absolute atomic E-state index is 0.0639. The van der Waals surface area contributed by atoms with Crippen LogP contribution in [0.1, 0.15) is 35.1 Å². The molecule has 2 aliphatic heterocycles. The number of benzene rings is 6. The quantitative estimate of drug-likeness (QED) is 0.157. The largest absolute Gasteiger partial charge is 0.458 e. The molecular formula is C48H39BN2O. The standard InChI is InChI=1S/C48H39BN2O/c1-32-29-43-46-45(30-32)52-44-31-38(50(36-18-8-4-9-19-36)37-20-10-5-11-21-37)27-28-41(44)49(46)42-24-14-23-39-33(2)47(51(43)48(39)42)40-22-13-12-17-35(40)26-25-34-15-6-3-7-16-34/h3-4,6-10,12-24,27-31H,5,11,25-26H2,1-2H3. The summed E-state index contributed by atoms with van der Waals surface area (Å²) < 4.78 is 9.58. The summed E-state index contributed by atoms with van der Waals surface area (Å²) in [6, 6.07) is 48.9. The number of fused-ring (bicyclic) bond motifs is 4. The van der Waals surface area contributed by atoms with E-state index in [4.69, 9.17) is 4.74 Å². The number of aryl methyl sites for hydroxylation is 4. The van der Waals surface area contributed by atoms with Crippen molar-refractivity contribution in [3.63, 3.8) is 0 Å². The van der Waals surface area contributed by atoms with E-state index < -0.39 is 0 Å². The van der Waals surface area contributed by atoms with E-state index in [1.165, 1.54) is 72.2 Å². The Balaban J connectivity index is 1.15. The fourth-order valence-electron chi connectivity index (χ4n) is 8.89. The molecule has 0 bridgehead atoms. The molecule has 0 N–H and O–H groups in total. The Hall–Kier alpha value is -6.00. The highest BCUT2D eigenvalue weighted by atomic mass is 16.5. The van der Waals surface area contributed by atoms with E-state index in [1.807, 2.05) is 0 Å². The van der Waals surface area contributed by atoms with Crippen LogP contribution in [-0.2, 0) is 12.8 Å². The van der Waals surface area contributed by atoms with Crippen molar-refractivity contribution >= 4 is 45.4 Å². The molecule has 0 saturated carbocycles. The van der Waals surface area contributed by atoms with Crippen molar-refractivity contribution in [3.8, 4) is 28.4 Å². The molecule has 0 unspecified atom stereocenters. The van der Waals surface area contributed by atoms with E-state index in [0.29, 0.717) is 0 Å². The summed E-state index contributed by atoms with van der Waals surface area (Å²) in [6.45, 7) is 4.57. The number of rotatable bonds is 7. The predicted molar refractivity (Wildman–Crippen MR) is 218 cm³/mol. The second-order valence-corrected chi connectivity index (χ2v) is 14.4. The maximum absolute atomic E-state index is 7.02. The van der Waals surface area contributed by atoms with Crippen molar-refractivity contribution < 1.29 is 4.74 Å². The van der Waals surface area contributed by atoms with Gasteiger partial charge >= 0.3 is 0 Å². The number of aromatic nitrogens is 1. The first kappa shape index (κ1) is 30.8. The zero-order chi connectivity index (χ0) is 34.8. The van der Waals surface area contributed by atoms with E-state index in [9.17, 15) is 0 Å². The maximum atomic E-state index is 7.02. The molecular weight excluding hydrogens is 631 g/mol. The molecule has 10 rings (SSSR count). The van der Waals surface area contributed by atoms with Crippen LogP contribution in [0.15, 0.2) is 157 Å². The highest BCUT2D eigenvalue weighted by Gasteiger charge is 2.41. The summed E-state index contributed by atoms with van der Waals surface area (Å²) in [5, 5.41) is 1.31. The van der Waals surface area contributed by atoms with Crippen LogP contribution in [0.25, 0.3) is 27.8 Å². The van der Waals surface area contributed by atoms with Crippen LogP contribution in [0.5, 0.6) is 11.5 Å². The normalized spacial score (nSPS) is 13.7. The minimum atomic E-state index is 0.0639. The lowest BCUT2D eigenvalue weighted by Crippen LogP contribution is -2.58. The van der Waals surface area contributed by atoms with Gasteiger partial charge in [-0.3, -0.25) is 0 Å². The summed E-state index contributed by atoms with van der Waals surface area (Å²) in [7, 11) is 0.